The van der Waals surface area contributed by atoms with Crippen LogP contribution in [0.15, 0.2) is 30.3 Å². The molecule has 0 fully saturated rings. The van der Waals surface area contributed by atoms with Gasteiger partial charge in [-0.2, -0.15) is 0 Å². The van der Waals surface area contributed by atoms with E-state index in [0.717, 1.165) is 23.3 Å². The van der Waals surface area contributed by atoms with Gasteiger partial charge >= 0.3 is 0 Å². The second-order valence-electron chi connectivity index (χ2n) is 4.87. The lowest BCUT2D eigenvalue weighted by atomic mass is 9.98. The third-order valence-electron chi connectivity index (χ3n) is 3.26. The van der Waals surface area contributed by atoms with E-state index < -0.39 is 0 Å². The zero-order valence-corrected chi connectivity index (χ0v) is 12.1. The number of benzene rings is 2. The van der Waals surface area contributed by atoms with Crippen LogP contribution < -0.4 is 4.74 Å². The van der Waals surface area contributed by atoms with Gasteiger partial charge in [-0.1, -0.05) is 29.3 Å². The molecule has 2 aromatic rings. The van der Waals surface area contributed by atoms with E-state index in [1.54, 1.807) is 6.07 Å². The average Bonchev–Trinajstić information content (AvgIpc) is 2.71. The minimum atomic E-state index is -0.0338. The molecule has 1 atom stereocenters. The zero-order chi connectivity index (χ0) is 13.6. The van der Waals surface area contributed by atoms with Crippen molar-refractivity contribution in [2.75, 3.05) is 0 Å². The van der Waals surface area contributed by atoms with Gasteiger partial charge in [0.15, 0.2) is 0 Å². The third-order valence-corrected chi connectivity index (χ3v) is 3.83. The number of halogens is 2. The van der Waals surface area contributed by atoms with Crippen LogP contribution in [0.4, 0.5) is 0 Å². The zero-order valence-electron chi connectivity index (χ0n) is 10.5. The lowest BCUT2D eigenvalue weighted by molar-refractivity contribution is 0.282. The standard InChI is InChI=1S/C16H13Cl2O/c1-9-5-11-7-10(2)19-16(11)14(6-9)13-8-12(17)3-4-15(13)18/h3-6,8,10H,2,7H2,1H3. The van der Waals surface area contributed by atoms with Crippen molar-refractivity contribution in [1.29, 1.82) is 0 Å². The number of ether oxygens (including phenoxy) is 1. The molecule has 0 amide bonds. The van der Waals surface area contributed by atoms with Crippen LogP contribution in [0.2, 0.25) is 10.0 Å². The second-order valence-corrected chi connectivity index (χ2v) is 5.71. The summed E-state index contributed by atoms with van der Waals surface area (Å²) in [5.41, 5.74) is 4.27. The van der Waals surface area contributed by atoms with Crippen LogP contribution >= 0.6 is 23.2 Å². The molecule has 2 aromatic carbocycles. The van der Waals surface area contributed by atoms with Crippen molar-refractivity contribution in [3.05, 3.63) is 58.4 Å². The van der Waals surface area contributed by atoms with E-state index in [2.05, 4.69) is 26.0 Å². The molecule has 1 aliphatic rings. The van der Waals surface area contributed by atoms with E-state index in [1.165, 1.54) is 11.1 Å². The Morgan fingerprint density at radius 2 is 1.95 bits per heavy atom. The average molecular weight is 292 g/mol. The molecule has 97 valence electrons. The normalized spacial score (nSPS) is 17.2. The van der Waals surface area contributed by atoms with E-state index in [9.17, 15) is 0 Å². The largest absolute Gasteiger partial charge is 0.489 e. The van der Waals surface area contributed by atoms with Crippen LogP contribution in [0.5, 0.6) is 5.75 Å². The van der Waals surface area contributed by atoms with Crippen molar-refractivity contribution in [2.24, 2.45) is 0 Å². The molecule has 0 aromatic heterocycles. The van der Waals surface area contributed by atoms with Crippen LogP contribution in [-0.4, -0.2) is 6.10 Å². The molecule has 3 heteroatoms. The van der Waals surface area contributed by atoms with Crippen molar-refractivity contribution < 1.29 is 4.74 Å². The van der Waals surface area contributed by atoms with E-state index >= 15 is 0 Å². The van der Waals surface area contributed by atoms with E-state index in [1.807, 2.05) is 12.1 Å². The molecular weight excluding hydrogens is 279 g/mol. The summed E-state index contributed by atoms with van der Waals surface area (Å²) >= 11 is 12.4. The fourth-order valence-electron chi connectivity index (χ4n) is 2.50. The minimum Gasteiger partial charge on any atom is -0.489 e. The highest BCUT2D eigenvalue weighted by molar-refractivity contribution is 6.35. The smallest absolute Gasteiger partial charge is 0.130 e. The van der Waals surface area contributed by atoms with Crippen molar-refractivity contribution in [2.45, 2.75) is 19.4 Å². The maximum atomic E-state index is 6.29. The van der Waals surface area contributed by atoms with Gasteiger partial charge in [-0.3, -0.25) is 0 Å². The Labute approximate surface area is 123 Å². The number of fused-ring (bicyclic) bond motifs is 1. The Morgan fingerprint density at radius 1 is 1.16 bits per heavy atom. The van der Waals surface area contributed by atoms with Gasteiger partial charge in [0.05, 0.1) is 0 Å². The SMILES string of the molecule is [CH2]C1Cc2cc(C)cc(-c3cc(Cl)ccc3Cl)c2O1. The fourth-order valence-corrected chi connectivity index (χ4v) is 2.89. The van der Waals surface area contributed by atoms with Crippen LogP contribution in [0.3, 0.4) is 0 Å². The van der Waals surface area contributed by atoms with Gasteiger partial charge in [-0.15, -0.1) is 0 Å². The molecule has 0 saturated carbocycles. The summed E-state index contributed by atoms with van der Waals surface area (Å²) in [5.74, 6) is 0.884. The molecule has 1 aliphatic heterocycles. The van der Waals surface area contributed by atoms with Crippen molar-refractivity contribution in [3.8, 4) is 16.9 Å². The molecule has 3 rings (SSSR count). The van der Waals surface area contributed by atoms with Crippen LogP contribution in [0, 0.1) is 13.8 Å². The molecule has 1 radical (unpaired) electrons. The van der Waals surface area contributed by atoms with E-state index in [0.29, 0.717) is 10.0 Å². The predicted octanol–water partition coefficient (Wildman–Crippen LogP) is 5.11. The van der Waals surface area contributed by atoms with Crippen LogP contribution in [0.25, 0.3) is 11.1 Å². The van der Waals surface area contributed by atoms with Crippen LogP contribution in [0.1, 0.15) is 11.1 Å². The van der Waals surface area contributed by atoms with Gasteiger partial charge in [0, 0.05) is 27.6 Å². The first-order chi connectivity index (χ1) is 9.04. The summed E-state index contributed by atoms with van der Waals surface area (Å²) < 4.78 is 5.83. The van der Waals surface area contributed by atoms with Gasteiger partial charge in [0.25, 0.3) is 0 Å². The molecular formula is C16H13Cl2O. The number of rotatable bonds is 1. The maximum absolute atomic E-state index is 6.29. The molecule has 0 saturated heterocycles. The highest BCUT2D eigenvalue weighted by Gasteiger charge is 2.24. The molecule has 1 heterocycles. The molecule has 1 nitrogen and oxygen atoms in total. The summed E-state index contributed by atoms with van der Waals surface area (Å²) in [5, 5.41) is 1.34. The van der Waals surface area contributed by atoms with Gasteiger partial charge in [0.1, 0.15) is 11.9 Å². The quantitative estimate of drug-likeness (QED) is 0.710. The first-order valence-electron chi connectivity index (χ1n) is 6.13. The molecule has 0 N–H and O–H groups in total. The Kier molecular flexibility index (Phi) is 3.20. The predicted molar refractivity (Wildman–Crippen MR) is 80.1 cm³/mol. The highest BCUT2D eigenvalue weighted by atomic mass is 35.5. The Bertz CT molecular complexity index is 649. The monoisotopic (exact) mass is 291 g/mol. The van der Waals surface area contributed by atoms with Crippen molar-refractivity contribution in [3.63, 3.8) is 0 Å². The Morgan fingerprint density at radius 3 is 2.74 bits per heavy atom. The van der Waals surface area contributed by atoms with Crippen LogP contribution in [-0.2, 0) is 6.42 Å². The molecule has 1 unspecified atom stereocenters. The maximum Gasteiger partial charge on any atom is 0.130 e. The Balaban J connectivity index is 2.23. The molecule has 0 spiro atoms. The van der Waals surface area contributed by atoms with E-state index in [4.69, 9.17) is 27.9 Å². The van der Waals surface area contributed by atoms with E-state index in [-0.39, 0.29) is 6.10 Å². The lowest BCUT2D eigenvalue weighted by Gasteiger charge is -2.12. The number of hydrogen-bond donors (Lipinski definition) is 0. The summed E-state index contributed by atoms with van der Waals surface area (Å²) in [6.07, 6.45) is 0.802. The number of hydrogen-bond acceptors (Lipinski definition) is 1. The highest BCUT2D eigenvalue weighted by Crippen LogP contribution is 2.42. The Hall–Kier alpha value is -1.18. The summed E-state index contributed by atoms with van der Waals surface area (Å²) in [4.78, 5) is 0. The van der Waals surface area contributed by atoms with Gasteiger partial charge in [-0.05, 0) is 49.2 Å². The van der Waals surface area contributed by atoms with Gasteiger partial charge in [-0.25, -0.2) is 0 Å². The second kappa shape index (κ2) is 4.73. The first-order valence-corrected chi connectivity index (χ1v) is 6.89. The molecule has 0 bridgehead atoms. The van der Waals surface area contributed by atoms with Gasteiger partial charge < -0.3 is 4.74 Å². The summed E-state index contributed by atoms with van der Waals surface area (Å²) in [6, 6.07) is 9.69. The first kappa shape index (κ1) is 12.8. The topological polar surface area (TPSA) is 9.23 Å². The van der Waals surface area contributed by atoms with Crippen molar-refractivity contribution in [1.82, 2.24) is 0 Å². The molecule has 19 heavy (non-hydrogen) atoms. The minimum absolute atomic E-state index is 0.0338. The van der Waals surface area contributed by atoms with Crippen molar-refractivity contribution >= 4 is 23.2 Å². The van der Waals surface area contributed by atoms with Gasteiger partial charge in [0.2, 0.25) is 0 Å². The third kappa shape index (κ3) is 2.33. The molecule has 0 aliphatic carbocycles. The lowest BCUT2D eigenvalue weighted by Crippen LogP contribution is -2.06. The fraction of sp³-hybridized carbons (Fsp3) is 0.188. The summed E-state index contributed by atoms with van der Waals surface area (Å²) in [7, 11) is 0. The summed E-state index contributed by atoms with van der Waals surface area (Å²) in [6.45, 7) is 6.04. The number of aryl methyl sites for hydroxylation is 1.